The summed E-state index contributed by atoms with van der Waals surface area (Å²) in [6.07, 6.45) is 5.53. The number of rotatable bonds is 5. The van der Waals surface area contributed by atoms with E-state index in [1.165, 1.54) is 0 Å². The van der Waals surface area contributed by atoms with Crippen LogP contribution < -0.4 is 4.90 Å². The Morgan fingerprint density at radius 3 is 2.58 bits per heavy atom. The van der Waals surface area contributed by atoms with Gasteiger partial charge in [0.2, 0.25) is 5.91 Å². The highest BCUT2D eigenvalue weighted by Gasteiger charge is 2.33. The summed E-state index contributed by atoms with van der Waals surface area (Å²) in [7, 11) is 5.35. The predicted octanol–water partition coefficient (Wildman–Crippen LogP) is 2.07. The van der Waals surface area contributed by atoms with Crippen molar-refractivity contribution in [3.05, 3.63) is 47.8 Å². The van der Waals surface area contributed by atoms with Crippen LogP contribution in [0.1, 0.15) is 28.8 Å². The van der Waals surface area contributed by atoms with Crippen molar-refractivity contribution in [1.82, 2.24) is 14.7 Å². The van der Waals surface area contributed by atoms with Crippen LogP contribution >= 0.6 is 0 Å². The third-order valence-electron chi connectivity index (χ3n) is 4.28. The summed E-state index contributed by atoms with van der Waals surface area (Å²) in [6, 6.07) is 7.27. The maximum atomic E-state index is 12.8. The summed E-state index contributed by atoms with van der Waals surface area (Å²) < 4.78 is 1.71. The van der Waals surface area contributed by atoms with Crippen molar-refractivity contribution < 1.29 is 9.59 Å². The molecule has 126 valence electrons. The van der Waals surface area contributed by atoms with Crippen LogP contribution in [0.3, 0.4) is 0 Å². The highest BCUT2D eigenvalue weighted by molar-refractivity contribution is 6.05. The molecule has 0 N–H and O–H groups in total. The van der Waals surface area contributed by atoms with Crippen LogP contribution in [0.5, 0.6) is 0 Å². The number of anilines is 1. The van der Waals surface area contributed by atoms with Gasteiger partial charge in [0.15, 0.2) is 0 Å². The molecule has 1 aromatic heterocycles. The van der Waals surface area contributed by atoms with Gasteiger partial charge in [-0.3, -0.25) is 14.3 Å². The number of hydrogen-bond donors (Lipinski definition) is 0. The molecule has 0 bridgehead atoms. The summed E-state index contributed by atoms with van der Waals surface area (Å²) in [5.41, 5.74) is 2.17. The van der Waals surface area contributed by atoms with E-state index in [0.29, 0.717) is 17.8 Å². The highest BCUT2D eigenvalue weighted by atomic mass is 16.2. The largest absolute Gasteiger partial charge is 0.337 e. The fraction of sp³-hybridized carbons (Fsp3) is 0.389. The molecule has 24 heavy (non-hydrogen) atoms. The molecule has 1 saturated carbocycles. The SMILES string of the molecule is CN(Cc1cnn(C)c1)C(=O)c1ccccc1N(C)C(=O)C1CC1. The molecule has 0 aliphatic heterocycles. The number of nitrogens with zero attached hydrogens (tertiary/aromatic N) is 4. The van der Waals surface area contributed by atoms with Gasteiger partial charge in [-0.25, -0.2) is 0 Å². The smallest absolute Gasteiger partial charge is 0.256 e. The predicted molar refractivity (Wildman–Crippen MR) is 91.6 cm³/mol. The van der Waals surface area contributed by atoms with Crippen LogP contribution in [0.2, 0.25) is 0 Å². The molecule has 3 rings (SSSR count). The molecule has 6 heteroatoms. The van der Waals surface area contributed by atoms with Crippen molar-refractivity contribution in [2.75, 3.05) is 19.0 Å². The van der Waals surface area contributed by atoms with E-state index in [4.69, 9.17) is 0 Å². The lowest BCUT2D eigenvalue weighted by atomic mass is 10.1. The molecule has 1 heterocycles. The van der Waals surface area contributed by atoms with E-state index in [9.17, 15) is 9.59 Å². The lowest BCUT2D eigenvalue weighted by Gasteiger charge is -2.23. The summed E-state index contributed by atoms with van der Waals surface area (Å²) >= 11 is 0. The average Bonchev–Trinajstić information content (AvgIpc) is 3.36. The minimum atomic E-state index is -0.107. The molecule has 0 radical (unpaired) electrons. The Balaban J connectivity index is 1.80. The number of aromatic nitrogens is 2. The molecule has 6 nitrogen and oxygen atoms in total. The number of carbonyl (C=O) groups is 2. The fourth-order valence-electron chi connectivity index (χ4n) is 2.77. The standard InChI is InChI=1S/C18H22N4O2/c1-20(11-13-10-19-21(2)12-13)18(24)15-6-4-5-7-16(15)22(3)17(23)14-8-9-14/h4-7,10,12,14H,8-9,11H2,1-3H3. The van der Waals surface area contributed by atoms with Gasteiger partial charge in [-0.1, -0.05) is 12.1 Å². The van der Waals surface area contributed by atoms with E-state index in [-0.39, 0.29) is 17.7 Å². The minimum absolute atomic E-state index is 0.0881. The van der Waals surface area contributed by atoms with Gasteiger partial charge in [-0.15, -0.1) is 0 Å². The van der Waals surface area contributed by atoms with Crippen LogP contribution in [0.4, 0.5) is 5.69 Å². The van der Waals surface area contributed by atoms with E-state index >= 15 is 0 Å². The Bertz CT molecular complexity index is 764. The zero-order valence-corrected chi connectivity index (χ0v) is 14.3. The van der Waals surface area contributed by atoms with E-state index in [0.717, 1.165) is 18.4 Å². The van der Waals surface area contributed by atoms with Gasteiger partial charge < -0.3 is 9.80 Å². The lowest BCUT2D eigenvalue weighted by Crippen LogP contribution is -2.32. The Hall–Kier alpha value is -2.63. The van der Waals surface area contributed by atoms with Crippen LogP contribution in [0.25, 0.3) is 0 Å². The maximum Gasteiger partial charge on any atom is 0.256 e. The first-order chi connectivity index (χ1) is 11.5. The molecule has 0 saturated heterocycles. The molecule has 0 unspecified atom stereocenters. The van der Waals surface area contributed by atoms with Gasteiger partial charge in [-0.05, 0) is 25.0 Å². The minimum Gasteiger partial charge on any atom is -0.337 e. The van der Waals surface area contributed by atoms with E-state index in [2.05, 4.69) is 5.10 Å². The van der Waals surface area contributed by atoms with Crippen molar-refractivity contribution in [2.24, 2.45) is 13.0 Å². The molecule has 1 aliphatic rings. The quantitative estimate of drug-likeness (QED) is 0.845. The molecule has 2 amide bonds. The van der Waals surface area contributed by atoms with Crippen molar-refractivity contribution in [3.8, 4) is 0 Å². The third kappa shape index (κ3) is 3.32. The van der Waals surface area contributed by atoms with Gasteiger partial charge in [0, 0.05) is 45.4 Å². The monoisotopic (exact) mass is 326 g/mol. The molecule has 0 atom stereocenters. The van der Waals surface area contributed by atoms with Gasteiger partial charge in [0.1, 0.15) is 0 Å². The second-order valence-corrected chi connectivity index (χ2v) is 6.37. The zero-order valence-electron chi connectivity index (χ0n) is 14.3. The molecular weight excluding hydrogens is 304 g/mol. The Kier molecular flexibility index (Phi) is 4.38. The summed E-state index contributed by atoms with van der Waals surface area (Å²) in [6.45, 7) is 0.474. The first-order valence-corrected chi connectivity index (χ1v) is 8.07. The van der Waals surface area contributed by atoms with Crippen LogP contribution in [0.15, 0.2) is 36.7 Å². The van der Waals surface area contributed by atoms with Crippen molar-refractivity contribution in [1.29, 1.82) is 0 Å². The Labute approximate surface area is 141 Å². The number of carbonyl (C=O) groups excluding carboxylic acids is 2. The summed E-state index contributed by atoms with van der Waals surface area (Å²) in [4.78, 5) is 28.4. The number of para-hydroxylation sites is 1. The summed E-state index contributed by atoms with van der Waals surface area (Å²) in [5.74, 6) is 0.0985. The van der Waals surface area contributed by atoms with E-state index < -0.39 is 0 Å². The number of aryl methyl sites for hydroxylation is 1. The molecule has 1 aliphatic carbocycles. The van der Waals surface area contributed by atoms with Gasteiger partial charge in [0.25, 0.3) is 5.91 Å². The topological polar surface area (TPSA) is 58.4 Å². The normalized spacial score (nSPS) is 13.6. The van der Waals surface area contributed by atoms with Gasteiger partial charge >= 0.3 is 0 Å². The first-order valence-electron chi connectivity index (χ1n) is 8.07. The average molecular weight is 326 g/mol. The van der Waals surface area contributed by atoms with Gasteiger partial charge in [-0.2, -0.15) is 5.10 Å². The number of amides is 2. The van der Waals surface area contributed by atoms with Crippen molar-refractivity contribution in [2.45, 2.75) is 19.4 Å². The van der Waals surface area contributed by atoms with Crippen LogP contribution in [-0.4, -0.2) is 40.6 Å². The zero-order chi connectivity index (χ0) is 17.3. The van der Waals surface area contributed by atoms with Crippen LogP contribution in [0, 0.1) is 5.92 Å². The first kappa shape index (κ1) is 16.2. The summed E-state index contributed by atoms with van der Waals surface area (Å²) in [5, 5.41) is 4.12. The van der Waals surface area contributed by atoms with Crippen molar-refractivity contribution in [3.63, 3.8) is 0 Å². The lowest BCUT2D eigenvalue weighted by molar-refractivity contribution is -0.119. The maximum absolute atomic E-state index is 12.8. The Morgan fingerprint density at radius 1 is 1.25 bits per heavy atom. The second-order valence-electron chi connectivity index (χ2n) is 6.37. The number of hydrogen-bond acceptors (Lipinski definition) is 3. The molecule has 1 aromatic carbocycles. The number of benzene rings is 1. The van der Waals surface area contributed by atoms with E-state index in [1.807, 2.05) is 31.4 Å². The Morgan fingerprint density at radius 2 is 1.96 bits per heavy atom. The van der Waals surface area contributed by atoms with E-state index in [1.54, 1.807) is 40.8 Å². The molecule has 1 fully saturated rings. The second kappa shape index (κ2) is 6.47. The fourth-order valence-corrected chi connectivity index (χ4v) is 2.77. The third-order valence-corrected chi connectivity index (χ3v) is 4.28. The molecular formula is C18H22N4O2. The van der Waals surface area contributed by atoms with Crippen LogP contribution in [-0.2, 0) is 18.4 Å². The molecule has 2 aromatic rings. The molecule has 0 spiro atoms. The highest BCUT2D eigenvalue weighted by Crippen LogP contribution is 2.33. The van der Waals surface area contributed by atoms with Gasteiger partial charge in [0.05, 0.1) is 17.4 Å². The van der Waals surface area contributed by atoms with Crippen molar-refractivity contribution >= 4 is 17.5 Å².